The minimum atomic E-state index is -0.154. The number of halogens is 1. The van der Waals surface area contributed by atoms with Crippen molar-refractivity contribution in [1.29, 1.82) is 0 Å². The topological polar surface area (TPSA) is 41.6 Å². The molecular formula is C19H21ClN2O2. The Morgan fingerprint density at radius 2 is 2.00 bits per heavy atom. The summed E-state index contributed by atoms with van der Waals surface area (Å²) in [6.07, 6.45) is 3.18. The molecule has 0 aliphatic heterocycles. The van der Waals surface area contributed by atoms with Crippen molar-refractivity contribution in [2.24, 2.45) is 0 Å². The second kappa shape index (κ2) is 8.99. The lowest BCUT2D eigenvalue weighted by Crippen LogP contribution is -2.31. The Morgan fingerprint density at radius 1 is 1.25 bits per heavy atom. The van der Waals surface area contributed by atoms with Crippen molar-refractivity contribution >= 4 is 29.3 Å². The van der Waals surface area contributed by atoms with E-state index in [9.17, 15) is 4.79 Å². The van der Waals surface area contributed by atoms with Crippen LogP contribution < -0.4 is 15.0 Å². The van der Waals surface area contributed by atoms with Crippen LogP contribution in [0.2, 0.25) is 5.02 Å². The summed E-state index contributed by atoms with van der Waals surface area (Å²) >= 11 is 5.97. The highest BCUT2D eigenvalue weighted by Crippen LogP contribution is 2.23. The van der Waals surface area contributed by atoms with Gasteiger partial charge in [0.2, 0.25) is 5.91 Å². The normalized spacial score (nSPS) is 10.6. The predicted molar refractivity (Wildman–Crippen MR) is 99.8 cm³/mol. The summed E-state index contributed by atoms with van der Waals surface area (Å²) in [5.41, 5.74) is 1.88. The van der Waals surface area contributed by atoms with Crippen LogP contribution in [0, 0.1) is 0 Å². The molecule has 0 aromatic heterocycles. The lowest BCUT2D eigenvalue weighted by atomic mass is 10.2. The van der Waals surface area contributed by atoms with E-state index in [1.54, 1.807) is 31.4 Å². The summed E-state index contributed by atoms with van der Waals surface area (Å²) in [5, 5.41) is 3.46. The summed E-state index contributed by atoms with van der Waals surface area (Å²) in [5.74, 6) is 0.519. The van der Waals surface area contributed by atoms with Crippen LogP contribution in [0.3, 0.4) is 0 Å². The molecule has 0 aliphatic carbocycles. The third-order valence-electron chi connectivity index (χ3n) is 3.55. The second-order valence-corrected chi connectivity index (χ2v) is 5.70. The number of rotatable bonds is 7. The Kier molecular flexibility index (Phi) is 6.70. The van der Waals surface area contributed by atoms with Gasteiger partial charge in [-0.2, -0.15) is 0 Å². The largest absolute Gasteiger partial charge is 0.496 e. The van der Waals surface area contributed by atoms with Crippen LogP contribution in [0.15, 0.2) is 54.6 Å². The van der Waals surface area contributed by atoms with Gasteiger partial charge in [-0.3, -0.25) is 4.79 Å². The first kappa shape index (κ1) is 17.9. The zero-order valence-electron chi connectivity index (χ0n) is 13.8. The molecule has 2 aromatic rings. The zero-order chi connectivity index (χ0) is 17.4. The van der Waals surface area contributed by atoms with Gasteiger partial charge in [0.05, 0.1) is 7.11 Å². The number of carbonyl (C=O) groups excluding carboxylic acids is 1. The van der Waals surface area contributed by atoms with E-state index in [1.165, 1.54) is 6.08 Å². The van der Waals surface area contributed by atoms with Crippen molar-refractivity contribution < 1.29 is 9.53 Å². The maximum atomic E-state index is 11.9. The van der Waals surface area contributed by atoms with E-state index in [1.807, 2.05) is 37.4 Å². The van der Waals surface area contributed by atoms with Gasteiger partial charge in [0, 0.05) is 42.5 Å². The van der Waals surface area contributed by atoms with Gasteiger partial charge < -0.3 is 15.0 Å². The number of anilines is 1. The van der Waals surface area contributed by atoms with Crippen molar-refractivity contribution in [2.45, 2.75) is 0 Å². The van der Waals surface area contributed by atoms with Gasteiger partial charge in [0.1, 0.15) is 5.75 Å². The highest BCUT2D eigenvalue weighted by Gasteiger charge is 2.03. The lowest BCUT2D eigenvalue weighted by molar-refractivity contribution is -0.116. The molecule has 5 heteroatoms. The van der Waals surface area contributed by atoms with Crippen LogP contribution in [0.1, 0.15) is 5.56 Å². The minimum absolute atomic E-state index is 0.154. The molecule has 0 bridgehead atoms. The van der Waals surface area contributed by atoms with E-state index in [0.717, 1.165) is 17.8 Å². The predicted octanol–water partition coefficient (Wildman–Crippen LogP) is 3.61. The summed E-state index contributed by atoms with van der Waals surface area (Å²) in [6.45, 7) is 1.28. The fourth-order valence-electron chi connectivity index (χ4n) is 2.22. The number of hydrogen-bond donors (Lipinski definition) is 1. The Labute approximate surface area is 147 Å². The molecule has 4 nitrogen and oxygen atoms in total. The molecule has 0 unspecified atom stereocenters. The summed E-state index contributed by atoms with van der Waals surface area (Å²) < 4.78 is 5.25. The number of nitrogens with zero attached hydrogens (tertiary/aromatic N) is 1. The van der Waals surface area contributed by atoms with Crippen LogP contribution in [-0.2, 0) is 4.79 Å². The number of hydrogen-bond acceptors (Lipinski definition) is 3. The molecule has 0 fully saturated rings. The van der Waals surface area contributed by atoms with E-state index >= 15 is 0 Å². The second-order valence-electron chi connectivity index (χ2n) is 5.27. The molecule has 2 aromatic carbocycles. The smallest absolute Gasteiger partial charge is 0.244 e. The van der Waals surface area contributed by atoms with Crippen LogP contribution >= 0.6 is 11.6 Å². The lowest BCUT2D eigenvalue weighted by Gasteiger charge is -2.19. The molecule has 0 atom stereocenters. The highest BCUT2D eigenvalue weighted by molar-refractivity contribution is 6.30. The van der Waals surface area contributed by atoms with Gasteiger partial charge in [0.15, 0.2) is 0 Å². The first-order valence-corrected chi connectivity index (χ1v) is 8.03. The number of nitrogens with one attached hydrogen (secondary N) is 1. The highest BCUT2D eigenvalue weighted by atomic mass is 35.5. The molecular weight excluding hydrogens is 324 g/mol. The van der Waals surface area contributed by atoms with Crippen molar-refractivity contribution in [3.63, 3.8) is 0 Å². The molecule has 0 radical (unpaired) electrons. The molecule has 1 amide bonds. The summed E-state index contributed by atoms with van der Waals surface area (Å²) in [6, 6.07) is 15.3. The van der Waals surface area contributed by atoms with E-state index < -0.39 is 0 Å². The number of likely N-dealkylation sites (N-methyl/N-ethyl adjacent to an activating group) is 1. The Morgan fingerprint density at radius 3 is 2.71 bits per heavy atom. The monoisotopic (exact) mass is 344 g/mol. The van der Waals surface area contributed by atoms with Crippen molar-refractivity contribution in [1.82, 2.24) is 5.32 Å². The number of methoxy groups -OCH3 is 1. The van der Waals surface area contributed by atoms with Crippen molar-refractivity contribution in [2.75, 3.05) is 32.1 Å². The number of ether oxygens (including phenoxy) is 1. The number of amides is 1. The first-order valence-electron chi connectivity index (χ1n) is 7.66. The minimum Gasteiger partial charge on any atom is -0.496 e. The Hall–Kier alpha value is -2.46. The third kappa shape index (κ3) is 5.32. The molecule has 0 saturated carbocycles. The number of para-hydroxylation sites is 1. The fraction of sp³-hybridized carbons (Fsp3) is 0.211. The SMILES string of the molecule is COc1ccc(Cl)cc1/C=C/C(=O)NCCN(C)c1ccccc1. The van der Waals surface area contributed by atoms with Crippen molar-refractivity contribution in [3.8, 4) is 5.75 Å². The van der Waals surface area contributed by atoms with E-state index in [-0.39, 0.29) is 5.91 Å². The molecule has 126 valence electrons. The average molecular weight is 345 g/mol. The number of benzene rings is 2. The summed E-state index contributed by atoms with van der Waals surface area (Å²) in [4.78, 5) is 14.0. The van der Waals surface area contributed by atoms with Crippen LogP contribution in [-0.4, -0.2) is 33.2 Å². The third-order valence-corrected chi connectivity index (χ3v) is 3.78. The van der Waals surface area contributed by atoms with Crippen LogP contribution in [0.4, 0.5) is 5.69 Å². The Balaban J connectivity index is 1.84. The maximum Gasteiger partial charge on any atom is 0.244 e. The van der Waals surface area contributed by atoms with Crippen LogP contribution in [0.25, 0.3) is 6.08 Å². The molecule has 2 rings (SSSR count). The Bertz CT molecular complexity index is 702. The first-order chi connectivity index (χ1) is 11.6. The van der Waals surface area contributed by atoms with Gasteiger partial charge in [-0.15, -0.1) is 0 Å². The van der Waals surface area contributed by atoms with Crippen LogP contribution in [0.5, 0.6) is 5.75 Å². The number of carbonyl (C=O) groups is 1. The van der Waals surface area contributed by atoms with Crippen molar-refractivity contribution in [3.05, 3.63) is 65.2 Å². The molecule has 0 spiro atoms. The molecule has 0 saturated heterocycles. The average Bonchev–Trinajstić information content (AvgIpc) is 2.60. The molecule has 1 N–H and O–H groups in total. The van der Waals surface area contributed by atoms with Gasteiger partial charge in [-0.25, -0.2) is 0 Å². The molecule has 0 heterocycles. The standard InChI is InChI=1S/C19H21ClN2O2/c1-22(17-6-4-3-5-7-17)13-12-21-19(23)11-8-15-14-16(20)9-10-18(15)24-2/h3-11,14H,12-13H2,1-2H3,(H,21,23)/b11-8+. The quantitative estimate of drug-likeness (QED) is 0.780. The molecule has 0 aliphatic rings. The van der Waals surface area contributed by atoms with Gasteiger partial charge in [-0.1, -0.05) is 29.8 Å². The summed E-state index contributed by atoms with van der Waals surface area (Å²) in [7, 11) is 3.58. The zero-order valence-corrected chi connectivity index (χ0v) is 14.6. The van der Waals surface area contributed by atoms with E-state index in [4.69, 9.17) is 16.3 Å². The van der Waals surface area contributed by atoms with Gasteiger partial charge in [-0.05, 0) is 36.4 Å². The fourth-order valence-corrected chi connectivity index (χ4v) is 2.40. The maximum absolute atomic E-state index is 11.9. The molecule has 24 heavy (non-hydrogen) atoms. The van der Waals surface area contributed by atoms with E-state index in [0.29, 0.717) is 17.3 Å². The van der Waals surface area contributed by atoms with E-state index in [2.05, 4.69) is 10.2 Å². The van der Waals surface area contributed by atoms with Gasteiger partial charge in [0.25, 0.3) is 0 Å². The van der Waals surface area contributed by atoms with Gasteiger partial charge >= 0.3 is 0 Å².